The summed E-state index contributed by atoms with van der Waals surface area (Å²) in [6.07, 6.45) is 6.58. The number of esters is 2. The minimum Gasteiger partial charge on any atom is -0.822 e. The fourth-order valence-electron chi connectivity index (χ4n) is 2.81. The average Bonchev–Trinajstić information content (AvgIpc) is 2.70. The number of ether oxygens (including phenoxy) is 2. The third-order valence-corrected chi connectivity index (χ3v) is 6.05. The molecule has 3 unspecified atom stereocenters. The van der Waals surface area contributed by atoms with Crippen molar-refractivity contribution in [2.75, 3.05) is 13.2 Å². The summed E-state index contributed by atoms with van der Waals surface area (Å²) in [6.45, 7) is 8.26. The Labute approximate surface area is 264 Å². The Morgan fingerprint density at radius 3 is 1.54 bits per heavy atom. The summed E-state index contributed by atoms with van der Waals surface area (Å²) in [5.74, 6) is -1.74. The Morgan fingerprint density at radius 2 is 1.23 bits per heavy atom. The summed E-state index contributed by atoms with van der Waals surface area (Å²) in [5, 5.41) is -2.06. The molecule has 0 aromatic rings. The molecule has 0 heterocycles. The molecule has 11 nitrogen and oxygen atoms in total. The molecule has 0 spiro atoms. The van der Waals surface area contributed by atoms with E-state index in [9.17, 15) is 22.6 Å². The van der Waals surface area contributed by atoms with E-state index < -0.39 is 41.6 Å². The SMILES string of the molecule is CCCCC(CC)COC(=O)CC(C(=O)OCC(CC)CCCC)S(=O)(=O)[O-].O=P([O-])([O-])[O-].[Na+].[Nd+3]. The molecular formula is C20H37NaNdO11PS. The van der Waals surface area contributed by atoms with Crippen LogP contribution in [0.1, 0.15) is 85.5 Å². The van der Waals surface area contributed by atoms with E-state index >= 15 is 0 Å². The van der Waals surface area contributed by atoms with E-state index in [0.717, 1.165) is 51.4 Å². The average molecular weight is 684 g/mol. The zero-order chi connectivity index (χ0) is 26.1. The zero-order valence-corrected chi connectivity index (χ0v) is 28.3. The maximum Gasteiger partial charge on any atom is 3.00 e. The molecule has 0 bridgehead atoms. The summed E-state index contributed by atoms with van der Waals surface area (Å²) in [5.41, 5.74) is 0. The molecule has 0 aliphatic carbocycles. The van der Waals surface area contributed by atoms with Crippen LogP contribution in [0, 0.1) is 52.7 Å². The van der Waals surface area contributed by atoms with Gasteiger partial charge in [0, 0.05) is 0 Å². The topological polar surface area (TPSA) is 196 Å². The summed E-state index contributed by atoms with van der Waals surface area (Å²) in [7, 11) is -10.4. The Morgan fingerprint density at radius 1 is 0.857 bits per heavy atom. The van der Waals surface area contributed by atoms with Crippen LogP contribution in [0.25, 0.3) is 0 Å². The molecule has 35 heavy (non-hydrogen) atoms. The van der Waals surface area contributed by atoms with Gasteiger partial charge in [0.15, 0.2) is 5.25 Å². The van der Waals surface area contributed by atoms with Crippen molar-refractivity contribution in [2.45, 2.75) is 90.7 Å². The molecule has 1 radical (unpaired) electrons. The third-order valence-electron chi connectivity index (χ3n) is 4.99. The predicted molar refractivity (Wildman–Crippen MR) is 114 cm³/mol. The first-order valence-electron chi connectivity index (χ1n) is 11.2. The first-order chi connectivity index (χ1) is 15.2. The van der Waals surface area contributed by atoms with Gasteiger partial charge in [-0.05, 0) is 24.7 Å². The molecule has 0 aromatic heterocycles. The van der Waals surface area contributed by atoms with Gasteiger partial charge in [-0.2, -0.15) is 7.82 Å². The first kappa shape index (κ1) is 43.4. The number of carbonyl (C=O) groups is 2. The fourth-order valence-corrected chi connectivity index (χ4v) is 3.46. The number of unbranched alkanes of at least 4 members (excludes halogenated alkanes) is 2. The van der Waals surface area contributed by atoms with Gasteiger partial charge in [-0.15, -0.1) is 0 Å². The summed E-state index contributed by atoms with van der Waals surface area (Å²) >= 11 is 0. The summed E-state index contributed by atoms with van der Waals surface area (Å²) in [6, 6.07) is 0. The third kappa shape index (κ3) is 28.1. The summed E-state index contributed by atoms with van der Waals surface area (Å²) < 4.78 is 53.1. The van der Waals surface area contributed by atoms with Crippen molar-refractivity contribution in [3.05, 3.63) is 0 Å². The molecule has 3 atom stereocenters. The Hall–Kier alpha value is 1.31. The largest absolute Gasteiger partial charge is 3.00 e. The summed E-state index contributed by atoms with van der Waals surface area (Å²) in [4.78, 5) is 49.8. The molecule has 0 N–H and O–H groups in total. The Bertz CT molecular complexity index is 695. The molecule has 199 valence electrons. The molecule has 0 saturated carbocycles. The number of phosphoric acid groups is 1. The van der Waals surface area contributed by atoms with Crippen LogP contribution >= 0.6 is 7.82 Å². The second-order valence-electron chi connectivity index (χ2n) is 7.78. The first-order valence-corrected chi connectivity index (χ1v) is 14.1. The van der Waals surface area contributed by atoms with E-state index in [1.54, 1.807) is 0 Å². The molecule has 0 fully saturated rings. The van der Waals surface area contributed by atoms with Crippen LogP contribution in [0.15, 0.2) is 0 Å². The van der Waals surface area contributed by atoms with Crippen molar-refractivity contribution >= 4 is 29.9 Å². The minimum atomic E-state index is -5.39. The van der Waals surface area contributed by atoms with E-state index in [0.29, 0.717) is 0 Å². The zero-order valence-electron chi connectivity index (χ0n) is 21.4. The molecule has 0 saturated heterocycles. The van der Waals surface area contributed by atoms with Gasteiger partial charge < -0.3 is 33.3 Å². The van der Waals surface area contributed by atoms with Gasteiger partial charge in [0.1, 0.15) is 10.1 Å². The van der Waals surface area contributed by atoms with Gasteiger partial charge in [-0.25, -0.2) is 8.42 Å². The molecule has 15 heteroatoms. The molecule has 0 amide bonds. The fraction of sp³-hybridized carbons (Fsp3) is 0.900. The van der Waals surface area contributed by atoms with Crippen LogP contribution in [0.2, 0.25) is 0 Å². The molecule has 0 aliphatic rings. The Balaban J connectivity index is -0.000000619. The maximum absolute atomic E-state index is 12.1. The number of carbonyl (C=O) groups excluding carboxylic acids is 2. The quantitative estimate of drug-likeness (QED) is 0.0755. The predicted octanol–water partition coefficient (Wildman–Crippen LogP) is -2.01. The van der Waals surface area contributed by atoms with Gasteiger partial charge in [0.2, 0.25) is 0 Å². The number of rotatable bonds is 16. The van der Waals surface area contributed by atoms with Crippen LogP contribution in [0.5, 0.6) is 0 Å². The molecule has 0 aromatic carbocycles. The van der Waals surface area contributed by atoms with Crippen molar-refractivity contribution in [1.29, 1.82) is 0 Å². The van der Waals surface area contributed by atoms with Gasteiger partial charge in [-0.3, -0.25) is 9.59 Å². The smallest absolute Gasteiger partial charge is 0.822 e. The van der Waals surface area contributed by atoms with Crippen molar-refractivity contribution < 1.29 is 122 Å². The van der Waals surface area contributed by atoms with Crippen LogP contribution in [-0.4, -0.2) is 43.4 Å². The Kier molecular flexibility index (Phi) is 30.2. The standard InChI is InChI=1S/C20H38O7S.Na.Nd.H3O4P/c1-5-9-11-16(7-3)14-26-19(21)13-18(28(23,24)25)20(22)27-15-17(8-4)12-10-6-2;;;1-5(2,3)4/h16-18H,5-15H2,1-4H3,(H,23,24,25);;;(H3,1,2,3,4)/q;+1;+3;/p-4. The second-order valence-corrected chi connectivity index (χ2v) is 10.2. The second kappa shape index (κ2) is 24.4. The van der Waals surface area contributed by atoms with Gasteiger partial charge in [0.05, 0.1) is 19.6 Å². The minimum absolute atomic E-state index is 0. The van der Waals surface area contributed by atoms with E-state index in [4.69, 9.17) is 28.7 Å². The normalized spacial score (nSPS) is 13.6. The van der Waals surface area contributed by atoms with Crippen molar-refractivity contribution in [3.63, 3.8) is 0 Å². The molecule has 0 rings (SSSR count). The van der Waals surface area contributed by atoms with Crippen LogP contribution < -0.4 is 44.2 Å². The van der Waals surface area contributed by atoms with Gasteiger partial charge >= 0.3 is 82.3 Å². The number of hydrogen-bond donors (Lipinski definition) is 0. The van der Waals surface area contributed by atoms with Crippen molar-refractivity contribution in [1.82, 2.24) is 0 Å². The van der Waals surface area contributed by atoms with E-state index in [1.807, 2.05) is 13.8 Å². The molecular weight excluding hydrogens is 646 g/mol. The van der Waals surface area contributed by atoms with Crippen molar-refractivity contribution in [3.8, 4) is 0 Å². The van der Waals surface area contributed by atoms with E-state index in [1.165, 1.54) is 0 Å². The van der Waals surface area contributed by atoms with Gasteiger partial charge in [-0.1, -0.05) is 66.2 Å². The molecule has 0 aliphatic heterocycles. The van der Waals surface area contributed by atoms with Crippen LogP contribution in [0.3, 0.4) is 0 Å². The van der Waals surface area contributed by atoms with Gasteiger partial charge in [0.25, 0.3) is 0 Å². The maximum atomic E-state index is 12.1. The monoisotopic (exact) mass is 681 g/mol. The van der Waals surface area contributed by atoms with E-state index in [2.05, 4.69) is 13.8 Å². The van der Waals surface area contributed by atoms with E-state index in [-0.39, 0.29) is 95.4 Å². The number of hydrogen-bond acceptors (Lipinski definition) is 11. The van der Waals surface area contributed by atoms with Crippen LogP contribution in [0.4, 0.5) is 0 Å². The van der Waals surface area contributed by atoms with Crippen LogP contribution in [-0.2, 0) is 33.7 Å². The van der Waals surface area contributed by atoms with Crippen molar-refractivity contribution in [2.24, 2.45) is 11.8 Å².